The Morgan fingerprint density at radius 3 is 1.12 bits per heavy atom. The van der Waals surface area contributed by atoms with Crippen LogP contribution in [-0.4, -0.2) is 43.1 Å². The lowest BCUT2D eigenvalue weighted by Crippen LogP contribution is -2.27. The van der Waals surface area contributed by atoms with Crippen molar-refractivity contribution in [3.05, 3.63) is 12.3 Å². The summed E-state index contributed by atoms with van der Waals surface area (Å²) in [6.07, 6.45) is 42.3. The van der Waals surface area contributed by atoms with Gasteiger partial charge in [0.2, 0.25) is 0 Å². The molecular formula is C52H103NO4. The van der Waals surface area contributed by atoms with E-state index in [0.29, 0.717) is 43.9 Å². The third-order valence-electron chi connectivity index (χ3n) is 12.0. The van der Waals surface area contributed by atoms with Crippen molar-refractivity contribution in [2.75, 3.05) is 20.3 Å². The fraction of sp³-hybridized carbons (Fsp3) is 0.923. The molecular weight excluding hydrogens is 703 g/mol. The summed E-state index contributed by atoms with van der Waals surface area (Å²) in [5, 5.41) is 0. The highest BCUT2D eigenvalue weighted by Crippen LogP contribution is 2.21. The number of rotatable bonds is 42. The first-order valence-corrected chi connectivity index (χ1v) is 25.4. The maximum absolute atomic E-state index is 12.2. The lowest BCUT2D eigenvalue weighted by molar-refractivity contribution is -0.146. The van der Waals surface area contributed by atoms with E-state index < -0.39 is 0 Å². The smallest absolute Gasteiger partial charge is 0.305 e. The van der Waals surface area contributed by atoms with Gasteiger partial charge in [-0.05, 0) is 76.5 Å². The zero-order valence-corrected chi connectivity index (χ0v) is 40.2. The van der Waals surface area contributed by atoms with Crippen LogP contribution in [0.25, 0.3) is 0 Å². The highest BCUT2D eigenvalue weighted by molar-refractivity contribution is 5.69. The molecule has 2 atom stereocenters. The molecule has 57 heavy (non-hydrogen) atoms. The van der Waals surface area contributed by atoms with Crippen molar-refractivity contribution in [2.24, 2.45) is 11.8 Å². The average molecular weight is 806 g/mol. The van der Waals surface area contributed by atoms with Crippen LogP contribution < -0.4 is 0 Å². The fourth-order valence-corrected chi connectivity index (χ4v) is 7.61. The number of hydrogen-bond donors (Lipinski definition) is 0. The van der Waals surface area contributed by atoms with Gasteiger partial charge in [0.25, 0.3) is 0 Å². The Morgan fingerprint density at radius 1 is 0.421 bits per heavy atom. The molecule has 0 aromatic heterocycles. The van der Waals surface area contributed by atoms with Crippen LogP contribution >= 0.6 is 0 Å². The summed E-state index contributed by atoms with van der Waals surface area (Å²) in [4.78, 5) is 26.4. The number of carbonyl (C=O) groups excluding carboxylic acids is 2. The largest absolute Gasteiger partial charge is 0.465 e. The van der Waals surface area contributed by atoms with Gasteiger partial charge in [0.05, 0.1) is 13.2 Å². The van der Waals surface area contributed by atoms with Crippen LogP contribution in [0.1, 0.15) is 273 Å². The zero-order valence-electron chi connectivity index (χ0n) is 40.2. The van der Waals surface area contributed by atoms with E-state index in [1.807, 2.05) is 0 Å². The molecule has 2 unspecified atom stereocenters. The Balaban J connectivity index is 0. The van der Waals surface area contributed by atoms with Gasteiger partial charge in [-0.1, -0.05) is 202 Å². The molecule has 5 heteroatoms. The molecule has 0 aliphatic rings. The van der Waals surface area contributed by atoms with E-state index in [1.165, 1.54) is 192 Å². The molecule has 0 aliphatic heterocycles. The SMILES string of the molecule is C=C(CCCCCCC)N(C)C(C)CCCCCCCCC(=O)OCC(CCCC)CCCCCC.CCCCCCCCC(=O)OCC(CCCC)CCCC. The lowest BCUT2D eigenvalue weighted by atomic mass is 9.96. The van der Waals surface area contributed by atoms with E-state index in [4.69, 9.17) is 9.47 Å². The van der Waals surface area contributed by atoms with Crippen molar-refractivity contribution in [3.8, 4) is 0 Å². The van der Waals surface area contributed by atoms with E-state index in [0.717, 1.165) is 25.7 Å². The highest BCUT2D eigenvalue weighted by Gasteiger charge is 2.14. The Bertz CT molecular complexity index is 851. The second-order valence-corrected chi connectivity index (χ2v) is 17.7. The molecule has 0 heterocycles. The van der Waals surface area contributed by atoms with Crippen molar-refractivity contribution in [3.63, 3.8) is 0 Å². The number of nitrogens with zero attached hydrogens (tertiary/aromatic N) is 1. The summed E-state index contributed by atoms with van der Waals surface area (Å²) < 4.78 is 11.1. The maximum Gasteiger partial charge on any atom is 0.305 e. The minimum atomic E-state index is 0.0171. The Kier molecular flexibility index (Phi) is 46.0. The summed E-state index contributed by atoms with van der Waals surface area (Å²) >= 11 is 0. The number of ether oxygens (including phenoxy) is 2. The Labute approximate surface area is 358 Å². The van der Waals surface area contributed by atoms with Crippen LogP contribution in [0, 0.1) is 11.8 Å². The molecule has 340 valence electrons. The first kappa shape index (κ1) is 57.6. The maximum atomic E-state index is 12.2. The monoisotopic (exact) mass is 806 g/mol. The molecule has 0 aromatic rings. The molecule has 0 radical (unpaired) electrons. The van der Waals surface area contributed by atoms with Crippen molar-refractivity contribution in [2.45, 2.75) is 279 Å². The van der Waals surface area contributed by atoms with Crippen LogP contribution in [-0.2, 0) is 19.1 Å². The number of unbranched alkanes of at least 4 members (excludes halogenated alkanes) is 20. The summed E-state index contributed by atoms with van der Waals surface area (Å²) in [5.41, 5.74) is 1.30. The van der Waals surface area contributed by atoms with Gasteiger partial charge in [-0.15, -0.1) is 0 Å². The summed E-state index contributed by atoms with van der Waals surface area (Å²) in [5.74, 6) is 1.18. The van der Waals surface area contributed by atoms with Gasteiger partial charge in [0.1, 0.15) is 0 Å². The van der Waals surface area contributed by atoms with E-state index in [-0.39, 0.29) is 11.9 Å². The van der Waals surface area contributed by atoms with Gasteiger partial charge in [-0.2, -0.15) is 0 Å². The molecule has 5 nitrogen and oxygen atoms in total. The fourth-order valence-electron chi connectivity index (χ4n) is 7.61. The van der Waals surface area contributed by atoms with Gasteiger partial charge in [0, 0.05) is 31.6 Å². The average Bonchev–Trinajstić information content (AvgIpc) is 3.21. The van der Waals surface area contributed by atoms with E-state index in [9.17, 15) is 9.59 Å². The van der Waals surface area contributed by atoms with Crippen LogP contribution in [0.5, 0.6) is 0 Å². The van der Waals surface area contributed by atoms with E-state index >= 15 is 0 Å². The van der Waals surface area contributed by atoms with Gasteiger partial charge in [-0.3, -0.25) is 9.59 Å². The Morgan fingerprint density at radius 2 is 0.719 bits per heavy atom. The van der Waals surface area contributed by atoms with Gasteiger partial charge in [0.15, 0.2) is 0 Å². The van der Waals surface area contributed by atoms with Crippen molar-refractivity contribution in [1.82, 2.24) is 4.90 Å². The second-order valence-electron chi connectivity index (χ2n) is 17.7. The quantitative estimate of drug-likeness (QED) is 0.0454. The first-order valence-electron chi connectivity index (χ1n) is 25.4. The third-order valence-corrected chi connectivity index (χ3v) is 12.0. The molecule has 0 N–H and O–H groups in total. The lowest BCUT2D eigenvalue weighted by Gasteiger charge is -2.29. The number of carbonyl (C=O) groups is 2. The van der Waals surface area contributed by atoms with Crippen LogP contribution in [0.2, 0.25) is 0 Å². The van der Waals surface area contributed by atoms with E-state index in [1.54, 1.807) is 0 Å². The van der Waals surface area contributed by atoms with Gasteiger partial charge in [-0.25, -0.2) is 0 Å². The molecule has 0 aliphatic carbocycles. The molecule has 0 bridgehead atoms. The predicted molar refractivity (Wildman–Crippen MR) is 251 cm³/mol. The second kappa shape index (κ2) is 45.6. The molecule has 0 saturated carbocycles. The minimum Gasteiger partial charge on any atom is -0.465 e. The van der Waals surface area contributed by atoms with Crippen molar-refractivity contribution >= 4 is 11.9 Å². The predicted octanol–water partition coefficient (Wildman–Crippen LogP) is 16.9. The summed E-state index contributed by atoms with van der Waals surface area (Å²) in [6, 6.07) is 0.579. The molecule has 0 fully saturated rings. The van der Waals surface area contributed by atoms with Crippen molar-refractivity contribution < 1.29 is 19.1 Å². The van der Waals surface area contributed by atoms with E-state index in [2.05, 4.69) is 67.0 Å². The van der Waals surface area contributed by atoms with Gasteiger partial charge < -0.3 is 14.4 Å². The zero-order chi connectivity index (χ0) is 42.6. The first-order chi connectivity index (χ1) is 27.7. The topological polar surface area (TPSA) is 55.8 Å². The molecule has 0 saturated heterocycles. The number of allylic oxidation sites excluding steroid dienone is 1. The standard InChI is InChI=1S/C33H65NO2.C19H38O2/c1-7-10-13-17-20-24-30(4)34(6)31(5)25-21-18-15-16-19-23-28-33(35)36-29-32(26-12-9-3)27-22-14-11-8-2;1-4-7-10-11-12-13-16-19(20)21-17-18(14-8-5-2)15-9-6-3/h31-32H,4,7-29H2,1-3,5-6H3;18H,4-17H2,1-3H3. The molecule has 0 aromatic carbocycles. The van der Waals surface area contributed by atoms with Crippen LogP contribution in [0.15, 0.2) is 12.3 Å². The molecule has 0 amide bonds. The number of hydrogen-bond acceptors (Lipinski definition) is 5. The normalized spacial score (nSPS) is 12.2. The van der Waals surface area contributed by atoms with Gasteiger partial charge >= 0.3 is 11.9 Å². The molecule has 0 spiro atoms. The van der Waals surface area contributed by atoms with Crippen molar-refractivity contribution in [1.29, 1.82) is 0 Å². The number of esters is 2. The summed E-state index contributed by atoms with van der Waals surface area (Å²) in [7, 11) is 2.22. The van der Waals surface area contributed by atoms with Crippen LogP contribution in [0.4, 0.5) is 0 Å². The third kappa shape index (κ3) is 41.0. The summed E-state index contributed by atoms with van der Waals surface area (Å²) in [6.45, 7) is 21.4. The minimum absolute atomic E-state index is 0.0171. The Hall–Kier alpha value is -1.52. The van der Waals surface area contributed by atoms with Crippen LogP contribution in [0.3, 0.4) is 0 Å². The highest BCUT2D eigenvalue weighted by atomic mass is 16.5. The molecule has 0 rings (SSSR count).